The van der Waals surface area contributed by atoms with Crippen molar-refractivity contribution >= 4 is 11.7 Å². The van der Waals surface area contributed by atoms with Crippen LogP contribution >= 0.6 is 0 Å². The number of hydrogen-bond acceptors (Lipinski definition) is 4. The van der Waals surface area contributed by atoms with E-state index in [9.17, 15) is 4.79 Å². The van der Waals surface area contributed by atoms with E-state index in [1.807, 2.05) is 13.8 Å². The molecule has 3 rings (SSSR count). The fourth-order valence-corrected chi connectivity index (χ4v) is 3.83. The van der Waals surface area contributed by atoms with Gasteiger partial charge in [0.05, 0.1) is 6.04 Å². The van der Waals surface area contributed by atoms with Gasteiger partial charge in [0.15, 0.2) is 0 Å². The predicted octanol–water partition coefficient (Wildman–Crippen LogP) is 4.48. The van der Waals surface area contributed by atoms with Gasteiger partial charge in [0.25, 0.3) is 5.78 Å². The number of hydrogen-bond donors (Lipinski definition) is 1. The Bertz CT molecular complexity index is 1030. The van der Waals surface area contributed by atoms with Crippen LogP contribution < -0.4 is 5.32 Å². The molecule has 1 aromatic carbocycles. The van der Waals surface area contributed by atoms with Gasteiger partial charge in [-0.25, -0.2) is 9.50 Å². The maximum Gasteiger partial charge on any atom is 0.252 e. The molecule has 1 amide bonds. The van der Waals surface area contributed by atoms with Gasteiger partial charge in [-0.2, -0.15) is 10.1 Å². The lowest BCUT2D eigenvalue weighted by molar-refractivity contribution is -0.122. The molecule has 0 aliphatic rings. The molecule has 1 unspecified atom stereocenters. The van der Waals surface area contributed by atoms with E-state index in [0.29, 0.717) is 24.5 Å². The first-order chi connectivity index (χ1) is 14.1. The average molecular weight is 408 g/mol. The molecule has 1 N–H and O–H groups in total. The Labute approximate surface area is 179 Å². The zero-order valence-electron chi connectivity index (χ0n) is 19.2. The summed E-state index contributed by atoms with van der Waals surface area (Å²) in [5.74, 6) is 0.939. The number of benzene rings is 1. The van der Waals surface area contributed by atoms with Gasteiger partial charge in [-0.1, -0.05) is 58.9 Å². The monoisotopic (exact) mass is 407 g/mol. The number of amides is 1. The molecule has 2 aromatic heterocycles. The zero-order valence-corrected chi connectivity index (χ0v) is 19.2. The van der Waals surface area contributed by atoms with Crippen molar-refractivity contribution in [1.82, 2.24) is 24.9 Å². The Morgan fingerprint density at radius 1 is 1.13 bits per heavy atom. The first-order valence-corrected chi connectivity index (χ1v) is 10.6. The molecule has 0 aliphatic carbocycles. The number of aromatic nitrogens is 4. The summed E-state index contributed by atoms with van der Waals surface area (Å²) in [4.78, 5) is 21.4. The lowest BCUT2D eigenvalue weighted by Gasteiger charge is -2.25. The van der Waals surface area contributed by atoms with Gasteiger partial charge in [0.2, 0.25) is 5.91 Å². The molecule has 160 valence electrons. The summed E-state index contributed by atoms with van der Waals surface area (Å²) in [6.45, 7) is 14.9. The molecular formula is C24H33N5O. The third-order valence-corrected chi connectivity index (χ3v) is 5.71. The highest BCUT2D eigenvalue weighted by atomic mass is 16.1. The second-order valence-corrected chi connectivity index (χ2v) is 9.39. The number of nitrogens with one attached hydrogen (secondary N) is 1. The van der Waals surface area contributed by atoms with Gasteiger partial charge in [0.1, 0.15) is 6.33 Å². The maximum atomic E-state index is 12.8. The third-order valence-electron chi connectivity index (χ3n) is 5.71. The predicted molar refractivity (Wildman–Crippen MR) is 119 cm³/mol. The second-order valence-electron chi connectivity index (χ2n) is 9.39. The standard InChI is InChI=1S/C24H33N5O/c1-15(2)22(18-8-10-19(11-9-18)24(5,6)7)28-21(30)13-12-20-16(3)27-23-25-14-26-29(23)17(20)4/h8-11,14-15,22H,12-13H2,1-7H3,(H,28,30). The van der Waals surface area contributed by atoms with Crippen molar-refractivity contribution in [1.29, 1.82) is 0 Å². The number of aryl methyl sites for hydroxylation is 2. The van der Waals surface area contributed by atoms with E-state index in [4.69, 9.17) is 0 Å². The third kappa shape index (κ3) is 4.69. The summed E-state index contributed by atoms with van der Waals surface area (Å²) in [7, 11) is 0. The van der Waals surface area contributed by atoms with Crippen LogP contribution in [0.3, 0.4) is 0 Å². The SMILES string of the molecule is Cc1nc2ncnn2c(C)c1CCC(=O)NC(c1ccc(C(C)(C)C)cc1)C(C)C. The number of nitrogens with zero attached hydrogens (tertiary/aromatic N) is 4. The summed E-state index contributed by atoms with van der Waals surface area (Å²) < 4.78 is 1.73. The first kappa shape index (κ1) is 21.9. The molecule has 0 saturated carbocycles. The van der Waals surface area contributed by atoms with Gasteiger partial charge in [-0.05, 0) is 48.3 Å². The van der Waals surface area contributed by atoms with Crippen LogP contribution in [0.15, 0.2) is 30.6 Å². The van der Waals surface area contributed by atoms with Crippen molar-refractivity contribution in [2.45, 2.75) is 72.8 Å². The molecule has 0 bridgehead atoms. The van der Waals surface area contributed by atoms with E-state index in [1.54, 1.807) is 4.52 Å². The normalized spacial score (nSPS) is 13.1. The quantitative estimate of drug-likeness (QED) is 0.654. The van der Waals surface area contributed by atoms with Crippen LogP contribution in [0.4, 0.5) is 0 Å². The summed E-state index contributed by atoms with van der Waals surface area (Å²) in [6, 6.07) is 8.61. The van der Waals surface area contributed by atoms with E-state index in [-0.39, 0.29) is 17.4 Å². The first-order valence-electron chi connectivity index (χ1n) is 10.6. The van der Waals surface area contributed by atoms with Crippen molar-refractivity contribution in [3.05, 3.63) is 58.7 Å². The molecule has 1 atom stereocenters. The van der Waals surface area contributed by atoms with Crippen molar-refractivity contribution in [2.75, 3.05) is 0 Å². The molecule has 0 aliphatic heterocycles. The molecule has 0 fully saturated rings. The largest absolute Gasteiger partial charge is 0.349 e. The smallest absolute Gasteiger partial charge is 0.252 e. The van der Waals surface area contributed by atoms with Crippen LogP contribution in [0.25, 0.3) is 5.78 Å². The Morgan fingerprint density at radius 3 is 2.40 bits per heavy atom. The minimum atomic E-state index is -0.00960. The molecule has 0 spiro atoms. The van der Waals surface area contributed by atoms with E-state index >= 15 is 0 Å². The Kier molecular flexibility index (Phi) is 6.25. The Morgan fingerprint density at radius 2 is 1.80 bits per heavy atom. The number of carbonyl (C=O) groups excluding carboxylic acids is 1. The molecule has 0 radical (unpaired) electrons. The van der Waals surface area contributed by atoms with Crippen LogP contribution in [0.2, 0.25) is 0 Å². The van der Waals surface area contributed by atoms with Gasteiger partial charge in [-0.3, -0.25) is 4.79 Å². The molecule has 30 heavy (non-hydrogen) atoms. The van der Waals surface area contributed by atoms with Gasteiger partial charge in [-0.15, -0.1) is 0 Å². The van der Waals surface area contributed by atoms with Gasteiger partial charge < -0.3 is 5.32 Å². The van der Waals surface area contributed by atoms with Crippen LogP contribution in [0, 0.1) is 19.8 Å². The van der Waals surface area contributed by atoms with Gasteiger partial charge >= 0.3 is 0 Å². The Hall–Kier alpha value is -2.76. The highest BCUT2D eigenvalue weighted by Crippen LogP contribution is 2.27. The topological polar surface area (TPSA) is 72.2 Å². The fourth-order valence-electron chi connectivity index (χ4n) is 3.83. The average Bonchev–Trinajstić information content (AvgIpc) is 3.13. The molecule has 0 saturated heterocycles. The molecular weight excluding hydrogens is 374 g/mol. The van der Waals surface area contributed by atoms with E-state index in [1.165, 1.54) is 11.9 Å². The molecule has 2 heterocycles. The summed E-state index contributed by atoms with van der Waals surface area (Å²) in [5, 5.41) is 7.46. The Balaban J connectivity index is 1.71. The van der Waals surface area contributed by atoms with Crippen LogP contribution in [-0.2, 0) is 16.6 Å². The van der Waals surface area contributed by atoms with Crippen LogP contribution in [0.5, 0.6) is 0 Å². The molecule has 6 nitrogen and oxygen atoms in total. The van der Waals surface area contributed by atoms with Crippen LogP contribution in [0.1, 0.15) is 75.2 Å². The van der Waals surface area contributed by atoms with Crippen molar-refractivity contribution in [3.8, 4) is 0 Å². The van der Waals surface area contributed by atoms with Crippen LogP contribution in [-0.4, -0.2) is 25.5 Å². The highest BCUT2D eigenvalue weighted by molar-refractivity contribution is 5.76. The molecule has 6 heteroatoms. The number of rotatable bonds is 6. The van der Waals surface area contributed by atoms with Crippen molar-refractivity contribution in [2.24, 2.45) is 5.92 Å². The minimum Gasteiger partial charge on any atom is -0.349 e. The summed E-state index contributed by atoms with van der Waals surface area (Å²) in [5.41, 5.74) is 5.49. The summed E-state index contributed by atoms with van der Waals surface area (Å²) in [6.07, 6.45) is 2.54. The van der Waals surface area contributed by atoms with E-state index in [2.05, 4.69) is 79.3 Å². The summed E-state index contributed by atoms with van der Waals surface area (Å²) >= 11 is 0. The lowest BCUT2D eigenvalue weighted by atomic mass is 9.85. The van der Waals surface area contributed by atoms with Crippen molar-refractivity contribution in [3.63, 3.8) is 0 Å². The van der Waals surface area contributed by atoms with E-state index in [0.717, 1.165) is 22.5 Å². The second kappa shape index (κ2) is 8.54. The minimum absolute atomic E-state index is 0.00960. The molecule has 3 aromatic rings. The van der Waals surface area contributed by atoms with Gasteiger partial charge in [0, 0.05) is 17.8 Å². The number of carbonyl (C=O) groups is 1. The van der Waals surface area contributed by atoms with Crippen molar-refractivity contribution < 1.29 is 4.79 Å². The number of fused-ring (bicyclic) bond motifs is 1. The zero-order chi connectivity index (χ0) is 22.1. The van der Waals surface area contributed by atoms with E-state index < -0.39 is 0 Å². The highest BCUT2D eigenvalue weighted by Gasteiger charge is 2.20. The maximum absolute atomic E-state index is 12.8. The fraction of sp³-hybridized carbons (Fsp3) is 0.500. The lowest BCUT2D eigenvalue weighted by Crippen LogP contribution is -2.32.